The molecule has 19 heavy (non-hydrogen) atoms. The van der Waals surface area contributed by atoms with Crippen LogP contribution in [-0.2, 0) is 6.42 Å². The van der Waals surface area contributed by atoms with Gasteiger partial charge in [-0.25, -0.2) is 0 Å². The highest BCUT2D eigenvalue weighted by molar-refractivity contribution is 5.36. The number of aryl methyl sites for hydroxylation is 1. The highest BCUT2D eigenvalue weighted by atomic mass is 16.5. The fourth-order valence-corrected chi connectivity index (χ4v) is 3.16. The highest BCUT2D eigenvalue weighted by Gasteiger charge is 2.34. The minimum absolute atomic E-state index is 0.0811. The molecule has 2 nitrogen and oxygen atoms in total. The average molecular weight is 261 g/mol. The third-order valence-electron chi connectivity index (χ3n) is 4.19. The summed E-state index contributed by atoms with van der Waals surface area (Å²) in [7, 11) is 0. The molecule has 2 heteroatoms. The summed E-state index contributed by atoms with van der Waals surface area (Å²) in [5.74, 6) is 1.11. The summed E-state index contributed by atoms with van der Waals surface area (Å²) in [4.78, 5) is 0. The van der Waals surface area contributed by atoms with Crippen molar-refractivity contribution >= 4 is 0 Å². The molecular formula is C17H27NO. The molecule has 0 bridgehead atoms. The first-order chi connectivity index (χ1) is 9.29. The summed E-state index contributed by atoms with van der Waals surface area (Å²) in [6.07, 6.45) is 9.47. The Kier molecular flexibility index (Phi) is 5.26. The van der Waals surface area contributed by atoms with Gasteiger partial charge in [-0.15, -0.1) is 0 Å². The molecule has 1 aromatic rings. The van der Waals surface area contributed by atoms with E-state index < -0.39 is 0 Å². The lowest BCUT2D eigenvalue weighted by Gasteiger charge is -2.39. The zero-order valence-electron chi connectivity index (χ0n) is 12.2. The van der Waals surface area contributed by atoms with Gasteiger partial charge >= 0.3 is 0 Å². The molecule has 0 fully saturated rings. The van der Waals surface area contributed by atoms with Gasteiger partial charge in [-0.1, -0.05) is 38.0 Å². The molecule has 1 unspecified atom stereocenters. The highest BCUT2D eigenvalue weighted by Crippen LogP contribution is 2.38. The zero-order valence-corrected chi connectivity index (χ0v) is 12.2. The number of hydrogen-bond acceptors (Lipinski definition) is 2. The lowest BCUT2D eigenvalue weighted by atomic mass is 9.83. The van der Waals surface area contributed by atoms with E-state index in [0.717, 1.165) is 25.1 Å². The van der Waals surface area contributed by atoms with Crippen LogP contribution in [0, 0.1) is 0 Å². The molecule has 1 atom stereocenters. The van der Waals surface area contributed by atoms with Crippen molar-refractivity contribution < 1.29 is 4.74 Å². The lowest BCUT2D eigenvalue weighted by molar-refractivity contribution is 0.0258. The molecule has 0 radical (unpaired) electrons. The average Bonchev–Trinajstić information content (AvgIpc) is 2.44. The molecule has 1 aliphatic rings. The summed E-state index contributed by atoms with van der Waals surface area (Å²) in [5, 5.41) is 0. The summed E-state index contributed by atoms with van der Waals surface area (Å²) in [6, 6.07) is 8.50. The molecule has 2 rings (SSSR count). The summed E-state index contributed by atoms with van der Waals surface area (Å²) in [6.45, 7) is 3.07. The summed E-state index contributed by atoms with van der Waals surface area (Å²) in [5.41, 5.74) is 7.02. The van der Waals surface area contributed by atoms with Gasteiger partial charge in [0.05, 0.1) is 0 Å². The van der Waals surface area contributed by atoms with Crippen LogP contribution in [0.5, 0.6) is 5.75 Å². The number of nitrogens with two attached hydrogens (primary N) is 1. The van der Waals surface area contributed by atoms with Crippen molar-refractivity contribution in [3.8, 4) is 5.75 Å². The minimum Gasteiger partial charge on any atom is -0.487 e. The predicted octanol–water partition coefficient (Wildman–Crippen LogP) is 4.07. The van der Waals surface area contributed by atoms with Crippen LogP contribution in [0.3, 0.4) is 0 Å². The zero-order chi connectivity index (χ0) is 13.6. The van der Waals surface area contributed by atoms with Gasteiger partial charge in [0.25, 0.3) is 0 Å². The van der Waals surface area contributed by atoms with Crippen LogP contribution in [0.15, 0.2) is 24.3 Å². The van der Waals surface area contributed by atoms with Crippen molar-refractivity contribution in [2.45, 2.75) is 63.9 Å². The van der Waals surface area contributed by atoms with E-state index in [2.05, 4.69) is 31.2 Å². The molecule has 1 aromatic carbocycles. The van der Waals surface area contributed by atoms with E-state index in [4.69, 9.17) is 10.5 Å². The van der Waals surface area contributed by atoms with Gasteiger partial charge < -0.3 is 10.5 Å². The maximum atomic E-state index is 6.41. The first-order valence-electron chi connectivity index (χ1n) is 7.77. The molecule has 1 heterocycles. The first-order valence-corrected chi connectivity index (χ1v) is 7.77. The largest absolute Gasteiger partial charge is 0.487 e. The minimum atomic E-state index is 0.0811. The fraction of sp³-hybridized carbons (Fsp3) is 0.647. The van der Waals surface area contributed by atoms with E-state index in [1.807, 2.05) is 0 Å². The predicted molar refractivity (Wildman–Crippen MR) is 80.6 cm³/mol. The van der Waals surface area contributed by atoms with Gasteiger partial charge in [-0.05, 0) is 56.7 Å². The van der Waals surface area contributed by atoms with Gasteiger partial charge in [0.2, 0.25) is 0 Å². The Balaban J connectivity index is 2.01. The van der Waals surface area contributed by atoms with Gasteiger partial charge in [0.15, 0.2) is 0 Å². The Morgan fingerprint density at radius 1 is 1.16 bits per heavy atom. The molecule has 0 aromatic heterocycles. The smallest absolute Gasteiger partial charge is 0.123 e. The van der Waals surface area contributed by atoms with Crippen molar-refractivity contribution in [3.63, 3.8) is 0 Å². The number of rotatable bonds is 7. The van der Waals surface area contributed by atoms with Crippen LogP contribution in [0.4, 0.5) is 0 Å². The molecule has 0 aliphatic carbocycles. The standard InChI is InChI=1S/C17H27NO/c1-2-11-17(12-6-3-7-14-18)13-10-15-8-4-5-9-16(15)19-17/h4-5,8-9H,2-3,6-7,10-14,18H2,1H3. The van der Waals surface area contributed by atoms with Gasteiger partial charge in [-0.3, -0.25) is 0 Å². The molecule has 106 valence electrons. The molecule has 0 amide bonds. The second-order valence-electron chi connectivity index (χ2n) is 5.74. The second-order valence-corrected chi connectivity index (χ2v) is 5.74. The maximum Gasteiger partial charge on any atom is 0.123 e. The Hall–Kier alpha value is -1.02. The SMILES string of the molecule is CCCC1(CCCCCN)CCc2ccccc2O1. The fourth-order valence-electron chi connectivity index (χ4n) is 3.16. The van der Waals surface area contributed by atoms with E-state index >= 15 is 0 Å². The summed E-state index contributed by atoms with van der Waals surface area (Å²) >= 11 is 0. The number of hydrogen-bond donors (Lipinski definition) is 1. The number of para-hydroxylation sites is 1. The first kappa shape index (κ1) is 14.4. The van der Waals surface area contributed by atoms with E-state index in [0.29, 0.717) is 0 Å². The topological polar surface area (TPSA) is 35.2 Å². The molecule has 0 saturated carbocycles. The number of ether oxygens (including phenoxy) is 1. The molecule has 0 saturated heterocycles. The Labute approximate surface area is 117 Å². The number of fused-ring (bicyclic) bond motifs is 1. The Bertz CT molecular complexity index is 391. The molecule has 2 N–H and O–H groups in total. The van der Waals surface area contributed by atoms with Crippen LogP contribution in [0.1, 0.15) is 57.4 Å². The van der Waals surface area contributed by atoms with E-state index in [-0.39, 0.29) is 5.60 Å². The molecular weight excluding hydrogens is 234 g/mol. The van der Waals surface area contributed by atoms with Gasteiger partial charge in [0, 0.05) is 0 Å². The van der Waals surface area contributed by atoms with Crippen LogP contribution in [0.25, 0.3) is 0 Å². The monoisotopic (exact) mass is 261 g/mol. The summed E-state index contributed by atoms with van der Waals surface area (Å²) < 4.78 is 6.41. The van der Waals surface area contributed by atoms with Crippen molar-refractivity contribution in [3.05, 3.63) is 29.8 Å². The van der Waals surface area contributed by atoms with E-state index in [1.54, 1.807) is 0 Å². The van der Waals surface area contributed by atoms with Gasteiger partial charge in [0.1, 0.15) is 11.4 Å². The normalized spacial score (nSPS) is 21.8. The van der Waals surface area contributed by atoms with Crippen molar-refractivity contribution in [1.29, 1.82) is 0 Å². The lowest BCUT2D eigenvalue weighted by Crippen LogP contribution is -2.39. The number of benzene rings is 1. The third-order valence-corrected chi connectivity index (χ3v) is 4.19. The maximum absolute atomic E-state index is 6.41. The molecule has 1 aliphatic heterocycles. The third kappa shape index (κ3) is 3.73. The van der Waals surface area contributed by atoms with Crippen molar-refractivity contribution in [1.82, 2.24) is 0 Å². The van der Waals surface area contributed by atoms with Crippen LogP contribution in [-0.4, -0.2) is 12.1 Å². The van der Waals surface area contributed by atoms with E-state index in [1.165, 1.54) is 44.1 Å². The van der Waals surface area contributed by atoms with Crippen molar-refractivity contribution in [2.24, 2.45) is 5.73 Å². The number of unbranched alkanes of at least 4 members (excludes halogenated alkanes) is 2. The van der Waals surface area contributed by atoms with Gasteiger partial charge in [-0.2, -0.15) is 0 Å². The Morgan fingerprint density at radius 3 is 2.79 bits per heavy atom. The van der Waals surface area contributed by atoms with E-state index in [9.17, 15) is 0 Å². The van der Waals surface area contributed by atoms with Crippen LogP contribution >= 0.6 is 0 Å². The second kappa shape index (κ2) is 6.95. The van der Waals surface area contributed by atoms with Crippen molar-refractivity contribution in [2.75, 3.05) is 6.54 Å². The Morgan fingerprint density at radius 2 is 2.00 bits per heavy atom. The quantitative estimate of drug-likeness (QED) is 0.751. The van der Waals surface area contributed by atoms with Crippen LogP contribution in [0.2, 0.25) is 0 Å². The van der Waals surface area contributed by atoms with Crippen LogP contribution < -0.4 is 10.5 Å². The molecule has 0 spiro atoms.